The van der Waals surface area contributed by atoms with Crippen LogP contribution in [0.15, 0.2) is 54.6 Å². The van der Waals surface area contributed by atoms with E-state index in [0.717, 1.165) is 31.6 Å². The minimum atomic E-state index is -2.76. The maximum Gasteiger partial charge on any atom is 0.296 e. The number of benzene rings is 2. The first-order valence-corrected chi connectivity index (χ1v) is 13.3. The van der Waals surface area contributed by atoms with Crippen LogP contribution in [-0.2, 0) is 4.74 Å². The molecule has 6 rings (SSSR count). The van der Waals surface area contributed by atoms with Gasteiger partial charge in [-0.2, -0.15) is 9.97 Å². The third kappa shape index (κ3) is 5.49. The van der Waals surface area contributed by atoms with Crippen molar-refractivity contribution in [1.29, 1.82) is 0 Å². The molecule has 0 radical (unpaired) electrons. The minimum Gasteiger partial charge on any atom is -0.378 e. The van der Waals surface area contributed by atoms with Gasteiger partial charge in [-0.1, -0.05) is 12.1 Å². The van der Waals surface area contributed by atoms with Crippen molar-refractivity contribution in [2.24, 2.45) is 5.92 Å². The molecule has 1 N–H and O–H groups in total. The number of para-hydroxylation sites is 2. The van der Waals surface area contributed by atoms with Crippen LogP contribution in [0.3, 0.4) is 0 Å². The topological polar surface area (TPSA) is 71.3 Å². The van der Waals surface area contributed by atoms with E-state index in [-0.39, 0.29) is 11.6 Å². The Balaban J connectivity index is 1.24. The number of halogens is 3. The van der Waals surface area contributed by atoms with Gasteiger partial charge >= 0.3 is 0 Å². The maximum atomic E-state index is 14.1. The van der Waals surface area contributed by atoms with E-state index in [4.69, 9.17) is 9.72 Å². The van der Waals surface area contributed by atoms with E-state index in [1.807, 2.05) is 12.1 Å². The zero-order valence-corrected chi connectivity index (χ0v) is 21.4. The number of morpholine rings is 1. The van der Waals surface area contributed by atoms with Crippen LogP contribution in [-0.4, -0.2) is 65.5 Å². The van der Waals surface area contributed by atoms with Crippen molar-refractivity contribution in [3.05, 3.63) is 66.2 Å². The highest BCUT2D eigenvalue weighted by atomic mass is 19.3. The fourth-order valence-corrected chi connectivity index (χ4v) is 5.28. The summed E-state index contributed by atoms with van der Waals surface area (Å²) in [7, 11) is 0. The molecule has 2 aliphatic rings. The van der Waals surface area contributed by atoms with Crippen LogP contribution >= 0.6 is 0 Å². The summed E-state index contributed by atoms with van der Waals surface area (Å²) in [6.45, 7) is 4.87. The molecule has 0 spiro atoms. The van der Waals surface area contributed by atoms with E-state index >= 15 is 0 Å². The average Bonchev–Trinajstić information content (AvgIpc) is 3.37. The summed E-state index contributed by atoms with van der Waals surface area (Å²) in [4.78, 5) is 18.0. The van der Waals surface area contributed by atoms with Gasteiger partial charge < -0.3 is 19.9 Å². The Kier molecular flexibility index (Phi) is 7.23. The lowest BCUT2D eigenvalue weighted by molar-refractivity contribution is 0.122. The Morgan fingerprint density at radius 2 is 1.59 bits per heavy atom. The molecule has 4 heterocycles. The standard InChI is InChI=1S/C28H30F3N7O/c29-20-5-7-21(8-6-20)36-11-9-19(10-12-36)18-32-28-34-24(37-13-15-39-16-14-37)17-25(35-28)38-23-4-2-1-3-22(23)33-27(38)26(30)31/h1-8,17,19,26H,9-16,18H2,(H,32,34,35). The number of hydrogen-bond donors (Lipinski definition) is 1. The monoisotopic (exact) mass is 537 g/mol. The fourth-order valence-electron chi connectivity index (χ4n) is 5.28. The largest absolute Gasteiger partial charge is 0.378 e. The van der Waals surface area contributed by atoms with E-state index in [0.29, 0.717) is 67.4 Å². The fraction of sp³-hybridized carbons (Fsp3) is 0.393. The predicted molar refractivity (Wildman–Crippen MR) is 144 cm³/mol. The summed E-state index contributed by atoms with van der Waals surface area (Å²) in [6, 6.07) is 15.4. The van der Waals surface area contributed by atoms with Gasteiger partial charge in [-0.25, -0.2) is 18.2 Å². The summed E-state index contributed by atoms with van der Waals surface area (Å²) in [5.74, 6) is 1.22. The predicted octanol–water partition coefficient (Wildman–Crippen LogP) is 5.06. The molecule has 204 valence electrons. The van der Waals surface area contributed by atoms with E-state index < -0.39 is 6.43 Å². The third-order valence-corrected chi connectivity index (χ3v) is 7.40. The van der Waals surface area contributed by atoms with Gasteiger partial charge in [-0.3, -0.25) is 4.57 Å². The average molecular weight is 538 g/mol. The van der Waals surface area contributed by atoms with Crippen LogP contribution < -0.4 is 15.1 Å². The van der Waals surface area contributed by atoms with Crippen LogP contribution in [0.2, 0.25) is 0 Å². The van der Waals surface area contributed by atoms with Crippen molar-refractivity contribution in [3.8, 4) is 5.82 Å². The number of ether oxygens (including phenoxy) is 1. The number of aromatic nitrogens is 4. The van der Waals surface area contributed by atoms with Gasteiger partial charge in [0.05, 0.1) is 24.2 Å². The molecular weight excluding hydrogens is 507 g/mol. The SMILES string of the molecule is Fc1ccc(N2CCC(CNc3nc(N4CCOCC4)cc(-n4c(C(F)F)nc5ccccc54)n3)CC2)cc1. The highest BCUT2D eigenvalue weighted by Gasteiger charge is 2.24. The summed E-state index contributed by atoms with van der Waals surface area (Å²) in [5, 5.41) is 3.39. The molecule has 2 fully saturated rings. The molecule has 8 nitrogen and oxygen atoms in total. The molecule has 2 aromatic carbocycles. The van der Waals surface area contributed by atoms with Crippen molar-refractivity contribution in [2.75, 3.05) is 61.1 Å². The van der Waals surface area contributed by atoms with E-state index in [2.05, 4.69) is 25.1 Å². The Labute approximate surface area is 224 Å². The van der Waals surface area contributed by atoms with Gasteiger partial charge in [0, 0.05) is 44.5 Å². The van der Waals surface area contributed by atoms with Crippen LogP contribution in [0.25, 0.3) is 16.9 Å². The number of rotatable bonds is 7. The molecule has 11 heteroatoms. The van der Waals surface area contributed by atoms with E-state index in [1.165, 1.54) is 16.7 Å². The van der Waals surface area contributed by atoms with Crippen LogP contribution in [0.4, 0.5) is 30.6 Å². The van der Waals surface area contributed by atoms with Crippen molar-refractivity contribution in [2.45, 2.75) is 19.3 Å². The highest BCUT2D eigenvalue weighted by molar-refractivity contribution is 5.78. The lowest BCUT2D eigenvalue weighted by atomic mass is 9.96. The Morgan fingerprint density at radius 3 is 2.33 bits per heavy atom. The summed E-state index contributed by atoms with van der Waals surface area (Å²) >= 11 is 0. The number of hydrogen-bond acceptors (Lipinski definition) is 7. The molecule has 0 bridgehead atoms. The van der Waals surface area contributed by atoms with Gasteiger partial charge in [-0.15, -0.1) is 0 Å². The van der Waals surface area contributed by atoms with Gasteiger partial charge in [-0.05, 0) is 55.2 Å². The zero-order valence-electron chi connectivity index (χ0n) is 21.4. The first-order valence-electron chi connectivity index (χ1n) is 13.3. The van der Waals surface area contributed by atoms with Crippen molar-refractivity contribution < 1.29 is 17.9 Å². The van der Waals surface area contributed by atoms with Crippen LogP contribution in [0.1, 0.15) is 25.1 Å². The van der Waals surface area contributed by atoms with Gasteiger partial charge in [0.2, 0.25) is 5.95 Å². The number of anilines is 3. The highest BCUT2D eigenvalue weighted by Crippen LogP contribution is 2.30. The first-order chi connectivity index (χ1) is 19.0. The van der Waals surface area contributed by atoms with E-state index in [9.17, 15) is 13.2 Å². The normalized spacial score (nSPS) is 16.8. The molecule has 2 saturated heterocycles. The molecule has 2 aromatic heterocycles. The third-order valence-electron chi connectivity index (χ3n) is 7.40. The molecule has 0 amide bonds. The Hall–Kier alpha value is -3.86. The molecule has 4 aromatic rings. The summed E-state index contributed by atoms with van der Waals surface area (Å²) < 4.78 is 48.4. The summed E-state index contributed by atoms with van der Waals surface area (Å²) in [5.41, 5.74) is 2.08. The number of imidazole rings is 1. The lowest BCUT2D eigenvalue weighted by Gasteiger charge is -2.33. The number of nitrogens with zero attached hydrogens (tertiary/aromatic N) is 6. The second-order valence-corrected chi connectivity index (χ2v) is 9.89. The number of piperidine rings is 1. The maximum absolute atomic E-state index is 14.1. The van der Waals surface area contributed by atoms with Gasteiger partial charge in [0.25, 0.3) is 6.43 Å². The Morgan fingerprint density at radius 1 is 0.872 bits per heavy atom. The van der Waals surface area contributed by atoms with Gasteiger partial charge in [0.15, 0.2) is 5.82 Å². The van der Waals surface area contributed by atoms with E-state index in [1.54, 1.807) is 30.3 Å². The van der Waals surface area contributed by atoms with Crippen molar-refractivity contribution in [1.82, 2.24) is 19.5 Å². The lowest BCUT2D eigenvalue weighted by Crippen LogP contribution is -2.37. The van der Waals surface area contributed by atoms with Gasteiger partial charge in [0.1, 0.15) is 17.5 Å². The second kappa shape index (κ2) is 11.1. The molecule has 0 saturated carbocycles. The summed E-state index contributed by atoms with van der Waals surface area (Å²) in [6.07, 6.45) is -0.841. The van der Waals surface area contributed by atoms with Crippen LogP contribution in [0, 0.1) is 11.7 Å². The second-order valence-electron chi connectivity index (χ2n) is 9.89. The number of fused-ring (bicyclic) bond motifs is 1. The molecule has 39 heavy (non-hydrogen) atoms. The Bertz CT molecular complexity index is 1410. The molecule has 0 atom stereocenters. The quantitative estimate of drug-likeness (QED) is 0.354. The zero-order chi connectivity index (χ0) is 26.8. The minimum absolute atomic E-state index is 0.235. The molecule has 2 aliphatic heterocycles. The molecular formula is C28H30F3N7O. The van der Waals surface area contributed by atoms with Crippen molar-refractivity contribution >= 4 is 28.5 Å². The smallest absolute Gasteiger partial charge is 0.296 e. The number of alkyl halides is 2. The van der Waals surface area contributed by atoms with Crippen molar-refractivity contribution in [3.63, 3.8) is 0 Å². The first kappa shape index (κ1) is 25.4. The molecule has 0 aliphatic carbocycles. The van der Waals surface area contributed by atoms with Crippen LogP contribution in [0.5, 0.6) is 0 Å². The molecule has 0 unspecified atom stereocenters. The number of nitrogens with one attached hydrogen (secondary N) is 1.